The van der Waals surface area contributed by atoms with Crippen molar-refractivity contribution in [3.63, 3.8) is 0 Å². The van der Waals surface area contributed by atoms with Crippen LogP contribution in [0.5, 0.6) is 0 Å². The van der Waals surface area contributed by atoms with Crippen molar-refractivity contribution in [2.75, 3.05) is 0 Å². The number of nitrogens with one attached hydrogen (secondary N) is 1. The number of nitrogens with zero attached hydrogens (tertiary/aromatic N) is 2. The van der Waals surface area contributed by atoms with E-state index >= 15 is 0 Å². The van der Waals surface area contributed by atoms with Crippen LogP contribution in [-0.4, -0.2) is 21.8 Å². The van der Waals surface area contributed by atoms with Gasteiger partial charge in [-0.1, -0.05) is 30.3 Å². The molecule has 32 heavy (non-hydrogen) atoms. The quantitative estimate of drug-likeness (QED) is 0.541. The molecule has 1 spiro atoms. The number of allylic oxidation sites excluding steroid dienone is 2. The van der Waals surface area contributed by atoms with Gasteiger partial charge in [0.25, 0.3) is 5.91 Å². The maximum atomic E-state index is 13.4. The van der Waals surface area contributed by atoms with Crippen LogP contribution in [0.2, 0.25) is 0 Å². The van der Waals surface area contributed by atoms with E-state index < -0.39 is 5.92 Å². The zero-order valence-corrected chi connectivity index (χ0v) is 17.9. The summed E-state index contributed by atoms with van der Waals surface area (Å²) in [5.41, 5.74) is 4.08. The second kappa shape index (κ2) is 7.76. The number of hydrogen-bond acceptors (Lipinski definition) is 3. The van der Waals surface area contributed by atoms with Gasteiger partial charge >= 0.3 is 0 Å². The highest BCUT2D eigenvalue weighted by molar-refractivity contribution is 5.99. The molecule has 1 N–H and O–H groups in total. The average molecular weight is 434 g/mol. The fraction of sp³-hybridized carbons (Fsp3) is 0.346. The summed E-state index contributed by atoms with van der Waals surface area (Å²) in [6, 6.07) is 13.2. The van der Waals surface area contributed by atoms with Crippen LogP contribution < -0.4 is 5.32 Å². The van der Waals surface area contributed by atoms with Gasteiger partial charge in [0.15, 0.2) is 0 Å². The number of halogens is 2. The Balaban J connectivity index is 1.36. The molecule has 6 heteroatoms. The van der Waals surface area contributed by atoms with Gasteiger partial charge in [0, 0.05) is 36.2 Å². The fourth-order valence-corrected chi connectivity index (χ4v) is 5.09. The second-order valence-corrected chi connectivity index (χ2v) is 9.19. The first-order chi connectivity index (χ1) is 15.3. The Morgan fingerprint density at radius 2 is 1.97 bits per heavy atom. The molecule has 2 aliphatic carbocycles. The number of carbonyl (C=O) groups excluding carboxylic acids is 1. The number of benzene rings is 1. The molecule has 2 heterocycles. The fourth-order valence-electron chi connectivity index (χ4n) is 5.09. The number of amides is 1. The Kier molecular flexibility index (Phi) is 5.03. The van der Waals surface area contributed by atoms with Crippen LogP contribution >= 0.6 is 0 Å². The third-order valence-electron chi connectivity index (χ3n) is 6.77. The molecule has 1 saturated carbocycles. The molecule has 0 saturated heterocycles. The first-order valence-corrected chi connectivity index (χ1v) is 11.0. The van der Waals surface area contributed by atoms with Crippen LogP contribution in [0.4, 0.5) is 8.78 Å². The highest BCUT2D eigenvalue weighted by Crippen LogP contribution is 2.59. The number of rotatable bonds is 4. The van der Waals surface area contributed by atoms with Crippen molar-refractivity contribution in [1.82, 2.24) is 15.3 Å². The van der Waals surface area contributed by atoms with E-state index in [0.29, 0.717) is 12.0 Å². The number of hydrogen-bond donors (Lipinski definition) is 1. The number of aromatic nitrogens is 2. The highest BCUT2D eigenvalue weighted by atomic mass is 19.3. The Bertz CT molecular complexity index is 1200. The van der Waals surface area contributed by atoms with Gasteiger partial charge in [-0.3, -0.25) is 14.8 Å². The Morgan fingerprint density at radius 1 is 1.12 bits per heavy atom. The number of pyridine rings is 2. The van der Waals surface area contributed by atoms with Crippen LogP contribution in [0.15, 0.2) is 60.9 Å². The zero-order valence-electron chi connectivity index (χ0n) is 17.9. The van der Waals surface area contributed by atoms with Gasteiger partial charge in [-0.05, 0) is 55.4 Å². The van der Waals surface area contributed by atoms with Gasteiger partial charge < -0.3 is 5.32 Å². The molecular formula is C26H25F2N3O. The van der Waals surface area contributed by atoms with Crippen molar-refractivity contribution >= 4 is 22.4 Å². The summed E-state index contributed by atoms with van der Waals surface area (Å²) in [5, 5.41) is 3.86. The summed E-state index contributed by atoms with van der Waals surface area (Å²) in [4.78, 5) is 21.7. The van der Waals surface area contributed by atoms with E-state index in [1.54, 1.807) is 12.4 Å². The minimum atomic E-state index is -2.49. The molecule has 2 aromatic heterocycles. The van der Waals surface area contributed by atoms with Crippen molar-refractivity contribution in [3.05, 3.63) is 77.8 Å². The van der Waals surface area contributed by atoms with E-state index in [9.17, 15) is 13.6 Å². The van der Waals surface area contributed by atoms with Gasteiger partial charge in [-0.25, -0.2) is 8.78 Å². The lowest BCUT2D eigenvalue weighted by molar-refractivity contribution is -0.163. The van der Waals surface area contributed by atoms with E-state index in [1.807, 2.05) is 49.4 Å². The monoisotopic (exact) mass is 433 g/mol. The zero-order chi connectivity index (χ0) is 22.3. The largest absolute Gasteiger partial charge is 0.344 e. The van der Waals surface area contributed by atoms with Crippen molar-refractivity contribution in [2.45, 2.75) is 51.0 Å². The van der Waals surface area contributed by atoms with Gasteiger partial charge in [-0.15, -0.1) is 0 Å². The lowest BCUT2D eigenvalue weighted by Crippen LogP contribution is -2.46. The molecule has 4 nitrogen and oxygen atoms in total. The summed E-state index contributed by atoms with van der Waals surface area (Å²) in [7, 11) is 0. The smallest absolute Gasteiger partial charge is 0.253 e. The molecule has 1 amide bonds. The number of fused-ring (bicyclic) bond motifs is 1. The molecule has 0 radical (unpaired) electrons. The minimum absolute atomic E-state index is 0.00691. The standard InChI is InChI=1S/C26H25F2N3O/c1-17(22-7-2-3-12-29-22)31-24(32)20-13-19-5-4-6-21(23(19)30-14-20)18-8-10-25(11-9-18)15-26(27,28)16-25/h2-8,12-14,17H,9-11,15-16H2,1H3,(H,31,32)/t17-/m0/s1. The van der Waals surface area contributed by atoms with Crippen LogP contribution in [0.25, 0.3) is 16.5 Å². The average Bonchev–Trinajstić information content (AvgIpc) is 2.78. The Hall–Kier alpha value is -3.15. The van der Waals surface area contributed by atoms with Gasteiger partial charge in [0.1, 0.15) is 0 Å². The summed E-state index contributed by atoms with van der Waals surface area (Å²) in [6.45, 7) is 1.90. The number of carbonyl (C=O) groups is 1. The van der Waals surface area contributed by atoms with Crippen molar-refractivity contribution in [3.8, 4) is 0 Å². The van der Waals surface area contributed by atoms with Crippen LogP contribution in [0.1, 0.15) is 66.7 Å². The molecule has 3 aromatic rings. The third kappa shape index (κ3) is 3.90. The third-order valence-corrected chi connectivity index (χ3v) is 6.77. The Labute approximate surface area is 185 Å². The maximum absolute atomic E-state index is 13.4. The SMILES string of the molecule is C[C@H](NC(=O)c1cnc2c(C3=CCC4(CC3)CC(F)(F)C4)cccc2c1)c1ccccn1. The molecule has 5 rings (SSSR count). The van der Waals surface area contributed by atoms with Crippen molar-refractivity contribution < 1.29 is 13.6 Å². The molecule has 164 valence electrons. The predicted molar refractivity (Wildman–Crippen MR) is 120 cm³/mol. The van der Waals surface area contributed by atoms with E-state index in [-0.39, 0.29) is 30.2 Å². The molecule has 2 aliphatic rings. The van der Waals surface area contributed by atoms with Gasteiger partial charge in [0.2, 0.25) is 5.92 Å². The predicted octanol–water partition coefficient (Wildman–Crippen LogP) is 6.10. The second-order valence-electron chi connectivity index (χ2n) is 9.19. The summed E-state index contributed by atoms with van der Waals surface area (Å²) < 4.78 is 26.8. The number of para-hydroxylation sites is 1. The lowest BCUT2D eigenvalue weighted by Gasteiger charge is -2.49. The van der Waals surface area contributed by atoms with Crippen LogP contribution in [-0.2, 0) is 0 Å². The first kappa shape index (κ1) is 20.7. The van der Waals surface area contributed by atoms with Gasteiger partial charge in [-0.2, -0.15) is 0 Å². The normalized spacial score (nSPS) is 19.8. The summed E-state index contributed by atoms with van der Waals surface area (Å²) in [6.07, 6.45) is 7.70. The Morgan fingerprint density at radius 3 is 2.66 bits per heavy atom. The van der Waals surface area contributed by atoms with E-state index in [1.165, 1.54) is 0 Å². The van der Waals surface area contributed by atoms with Crippen molar-refractivity contribution in [1.29, 1.82) is 0 Å². The topological polar surface area (TPSA) is 54.9 Å². The molecule has 0 unspecified atom stereocenters. The van der Waals surface area contributed by atoms with E-state index in [0.717, 1.165) is 40.6 Å². The minimum Gasteiger partial charge on any atom is -0.344 e. The molecule has 1 atom stereocenters. The highest BCUT2D eigenvalue weighted by Gasteiger charge is 2.55. The summed E-state index contributed by atoms with van der Waals surface area (Å²) >= 11 is 0. The molecule has 0 bridgehead atoms. The van der Waals surface area contributed by atoms with Crippen LogP contribution in [0.3, 0.4) is 0 Å². The van der Waals surface area contributed by atoms with E-state index in [4.69, 9.17) is 0 Å². The van der Waals surface area contributed by atoms with Crippen LogP contribution in [0, 0.1) is 5.41 Å². The first-order valence-electron chi connectivity index (χ1n) is 11.0. The van der Waals surface area contributed by atoms with E-state index in [2.05, 4.69) is 21.4 Å². The lowest BCUT2D eigenvalue weighted by atomic mass is 9.59. The summed E-state index contributed by atoms with van der Waals surface area (Å²) in [5.74, 6) is -2.69. The number of alkyl halides is 2. The molecular weight excluding hydrogens is 408 g/mol. The van der Waals surface area contributed by atoms with Crippen molar-refractivity contribution in [2.24, 2.45) is 5.41 Å². The molecule has 1 aromatic carbocycles. The van der Waals surface area contributed by atoms with Gasteiger partial charge in [0.05, 0.1) is 22.8 Å². The molecule has 0 aliphatic heterocycles. The molecule has 1 fully saturated rings. The maximum Gasteiger partial charge on any atom is 0.253 e.